The Morgan fingerprint density at radius 3 is 0.765 bits per heavy atom. The van der Waals surface area contributed by atoms with Crippen molar-refractivity contribution >= 4 is 17.9 Å². The SMILES string of the molecule is CCCCCCCCCCCCCCCCCCC(=O)O[C@@H](COC(=O)CCCCCCCCCCCCCCCCCCCCC(C)CC)COC(=O)CCCCCCCCCCC(C)CC. The number of ether oxygens (including phenoxy) is 3. The quantitative estimate of drug-likeness (QED) is 0.0343. The van der Waals surface area contributed by atoms with Gasteiger partial charge in [-0.2, -0.15) is 0 Å². The Hall–Kier alpha value is -1.59. The van der Waals surface area contributed by atoms with Gasteiger partial charge in [0.2, 0.25) is 0 Å². The van der Waals surface area contributed by atoms with E-state index in [-0.39, 0.29) is 31.1 Å². The van der Waals surface area contributed by atoms with E-state index in [9.17, 15) is 14.4 Å². The van der Waals surface area contributed by atoms with Crippen LogP contribution in [0.1, 0.15) is 349 Å². The summed E-state index contributed by atoms with van der Waals surface area (Å²) >= 11 is 0. The number of hydrogen-bond donors (Lipinski definition) is 0. The van der Waals surface area contributed by atoms with Crippen LogP contribution in [0.3, 0.4) is 0 Å². The predicted octanol–water partition coefficient (Wildman–Crippen LogP) is 20.4. The van der Waals surface area contributed by atoms with E-state index in [2.05, 4.69) is 34.6 Å². The monoisotopic (exact) mass is 961 g/mol. The topological polar surface area (TPSA) is 78.9 Å². The Bertz CT molecular complexity index is 1040. The summed E-state index contributed by atoms with van der Waals surface area (Å²) in [6.45, 7) is 11.5. The van der Waals surface area contributed by atoms with Crippen LogP contribution in [0, 0.1) is 11.8 Å². The first-order chi connectivity index (χ1) is 33.3. The van der Waals surface area contributed by atoms with Crippen molar-refractivity contribution < 1.29 is 28.6 Å². The van der Waals surface area contributed by atoms with Crippen LogP contribution in [0.5, 0.6) is 0 Å². The first-order valence-corrected chi connectivity index (χ1v) is 30.8. The van der Waals surface area contributed by atoms with Gasteiger partial charge >= 0.3 is 17.9 Å². The summed E-state index contributed by atoms with van der Waals surface area (Å²) in [5.41, 5.74) is 0. The molecule has 0 saturated heterocycles. The molecule has 0 heterocycles. The number of rotatable bonds is 56. The van der Waals surface area contributed by atoms with E-state index in [1.54, 1.807) is 0 Å². The Morgan fingerprint density at radius 1 is 0.294 bits per heavy atom. The number of esters is 3. The van der Waals surface area contributed by atoms with Gasteiger partial charge in [-0.15, -0.1) is 0 Å². The molecule has 0 saturated carbocycles. The fourth-order valence-corrected chi connectivity index (χ4v) is 9.52. The zero-order valence-electron chi connectivity index (χ0n) is 46.7. The first kappa shape index (κ1) is 66.4. The third-order valence-corrected chi connectivity index (χ3v) is 14.9. The second-order valence-corrected chi connectivity index (χ2v) is 21.8. The minimum atomic E-state index is -0.763. The minimum absolute atomic E-state index is 0.0626. The van der Waals surface area contributed by atoms with Crippen LogP contribution in [-0.2, 0) is 28.6 Å². The third-order valence-electron chi connectivity index (χ3n) is 14.9. The smallest absolute Gasteiger partial charge is 0.306 e. The molecule has 0 aliphatic carbocycles. The van der Waals surface area contributed by atoms with Crippen LogP contribution in [-0.4, -0.2) is 37.2 Å². The lowest BCUT2D eigenvalue weighted by atomic mass is 9.99. The van der Waals surface area contributed by atoms with Crippen molar-refractivity contribution in [1.29, 1.82) is 0 Å². The maximum Gasteiger partial charge on any atom is 0.306 e. The summed E-state index contributed by atoms with van der Waals surface area (Å²) in [6, 6.07) is 0. The van der Waals surface area contributed by atoms with Crippen LogP contribution in [0.15, 0.2) is 0 Å². The van der Waals surface area contributed by atoms with Gasteiger partial charge in [-0.25, -0.2) is 0 Å². The molecule has 0 radical (unpaired) electrons. The molecule has 6 nitrogen and oxygen atoms in total. The van der Waals surface area contributed by atoms with E-state index >= 15 is 0 Å². The maximum absolute atomic E-state index is 12.9. The average Bonchev–Trinajstić information content (AvgIpc) is 3.34. The van der Waals surface area contributed by atoms with Crippen molar-refractivity contribution in [2.24, 2.45) is 11.8 Å². The number of hydrogen-bond acceptors (Lipinski definition) is 6. The van der Waals surface area contributed by atoms with Gasteiger partial charge in [0, 0.05) is 19.3 Å². The lowest BCUT2D eigenvalue weighted by molar-refractivity contribution is -0.167. The Labute approximate surface area is 425 Å². The second-order valence-electron chi connectivity index (χ2n) is 21.8. The highest BCUT2D eigenvalue weighted by Gasteiger charge is 2.19. The van der Waals surface area contributed by atoms with Crippen molar-refractivity contribution in [3.63, 3.8) is 0 Å². The van der Waals surface area contributed by atoms with Crippen molar-refractivity contribution in [2.75, 3.05) is 13.2 Å². The molecule has 0 amide bonds. The summed E-state index contributed by atoms with van der Waals surface area (Å²) < 4.78 is 16.9. The molecule has 68 heavy (non-hydrogen) atoms. The molecule has 0 aromatic rings. The molecule has 0 aliphatic heterocycles. The molecule has 404 valence electrons. The molecule has 6 heteroatoms. The molecule has 0 aromatic heterocycles. The maximum atomic E-state index is 12.9. The third kappa shape index (κ3) is 52.2. The molecule has 0 fully saturated rings. The van der Waals surface area contributed by atoms with Gasteiger partial charge in [-0.05, 0) is 31.1 Å². The van der Waals surface area contributed by atoms with Gasteiger partial charge in [-0.3, -0.25) is 14.4 Å². The molecular formula is C62H120O6. The van der Waals surface area contributed by atoms with Crippen molar-refractivity contribution in [3.8, 4) is 0 Å². The summed E-state index contributed by atoms with van der Waals surface area (Å²) in [4.78, 5) is 38.2. The Morgan fingerprint density at radius 2 is 0.515 bits per heavy atom. The fraction of sp³-hybridized carbons (Fsp3) is 0.952. The van der Waals surface area contributed by atoms with E-state index in [0.717, 1.165) is 69.6 Å². The zero-order valence-corrected chi connectivity index (χ0v) is 46.7. The summed E-state index contributed by atoms with van der Waals surface area (Å²) in [6.07, 6.45) is 59.5. The highest BCUT2D eigenvalue weighted by Crippen LogP contribution is 2.19. The summed E-state index contributed by atoms with van der Waals surface area (Å²) in [5.74, 6) is 0.921. The van der Waals surface area contributed by atoms with Gasteiger partial charge in [0.25, 0.3) is 0 Å². The normalized spacial score (nSPS) is 12.8. The van der Waals surface area contributed by atoms with Gasteiger partial charge in [0.05, 0.1) is 0 Å². The van der Waals surface area contributed by atoms with Gasteiger partial charge in [0.1, 0.15) is 13.2 Å². The molecule has 0 spiro atoms. The number of carbonyl (C=O) groups is 3. The van der Waals surface area contributed by atoms with E-state index in [4.69, 9.17) is 14.2 Å². The molecule has 3 atom stereocenters. The van der Waals surface area contributed by atoms with Gasteiger partial charge in [-0.1, -0.05) is 311 Å². The van der Waals surface area contributed by atoms with E-state index in [1.165, 1.54) is 238 Å². The molecule has 2 unspecified atom stereocenters. The van der Waals surface area contributed by atoms with E-state index < -0.39 is 6.10 Å². The van der Waals surface area contributed by atoms with Gasteiger partial charge in [0.15, 0.2) is 6.10 Å². The molecular weight excluding hydrogens is 841 g/mol. The van der Waals surface area contributed by atoms with Crippen LogP contribution < -0.4 is 0 Å². The highest BCUT2D eigenvalue weighted by atomic mass is 16.6. The lowest BCUT2D eigenvalue weighted by Crippen LogP contribution is -2.30. The second kappa shape index (κ2) is 54.7. The standard InChI is InChI=1S/C62H120O6/c1-6-9-10-11-12-13-14-15-16-22-26-29-32-39-44-49-54-62(65)68-59(56-67-61(64)53-48-43-38-34-33-36-41-46-51-58(5)8-3)55-66-60(63)52-47-42-37-31-28-25-23-20-18-17-19-21-24-27-30-35-40-45-50-57(4)7-2/h57-59H,6-56H2,1-5H3/t57?,58?,59-/m0/s1. The summed E-state index contributed by atoms with van der Waals surface area (Å²) in [7, 11) is 0. The van der Waals surface area contributed by atoms with Crippen LogP contribution in [0.4, 0.5) is 0 Å². The van der Waals surface area contributed by atoms with Gasteiger partial charge < -0.3 is 14.2 Å². The molecule has 0 N–H and O–H groups in total. The van der Waals surface area contributed by atoms with Crippen molar-refractivity contribution in [1.82, 2.24) is 0 Å². The molecule has 0 rings (SSSR count). The van der Waals surface area contributed by atoms with Crippen LogP contribution in [0.25, 0.3) is 0 Å². The molecule has 0 aliphatic rings. The minimum Gasteiger partial charge on any atom is -0.462 e. The van der Waals surface area contributed by atoms with E-state index in [0.29, 0.717) is 19.3 Å². The first-order valence-electron chi connectivity index (χ1n) is 30.8. The van der Waals surface area contributed by atoms with Crippen molar-refractivity contribution in [2.45, 2.75) is 355 Å². The van der Waals surface area contributed by atoms with E-state index in [1.807, 2.05) is 0 Å². The lowest BCUT2D eigenvalue weighted by Gasteiger charge is -2.18. The number of carbonyl (C=O) groups excluding carboxylic acids is 3. The number of unbranched alkanes of at least 4 members (excludes halogenated alkanes) is 39. The molecule has 0 bridgehead atoms. The summed E-state index contributed by atoms with van der Waals surface area (Å²) in [5, 5.41) is 0. The Kier molecular flexibility index (Phi) is 53.5. The van der Waals surface area contributed by atoms with Crippen LogP contribution in [0.2, 0.25) is 0 Å². The van der Waals surface area contributed by atoms with Crippen LogP contribution >= 0.6 is 0 Å². The predicted molar refractivity (Wildman–Crippen MR) is 293 cm³/mol. The molecule has 0 aromatic carbocycles. The average molecular weight is 962 g/mol. The zero-order chi connectivity index (χ0) is 49.6. The van der Waals surface area contributed by atoms with Crippen molar-refractivity contribution in [3.05, 3.63) is 0 Å². The fourth-order valence-electron chi connectivity index (χ4n) is 9.52. The largest absolute Gasteiger partial charge is 0.462 e. The Balaban J connectivity index is 4.23. The highest BCUT2D eigenvalue weighted by molar-refractivity contribution is 5.71.